The maximum absolute atomic E-state index is 12.4. The lowest BCUT2D eigenvalue weighted by molar-refractivity contribution is -0.133. The van der Waals surface area contributed by atoms with Gasteiger partial charge in [0.05, 0.1) is 20.3 Å². The summed E-state index contributed by atoms with van der Waals surface area (Å²) < 4.78 is 27.1. The molecule has 33 heavy (non-hydrogen) atoms. The predicted octanol–water partition coefficient (Wildman–Crippen LogP) is 3.08. The van der Waals surface area contributed by atoms with Gasteiger partial charge in [-0.05, 0) is 41.8 Å². The lowest BCUT2D eigenvalue weighted by atomic mass is 9.92. The van der Waals surface area contributed by atoms with Crippen molar-refractivity contribution in [3.63, 3.8) is 0 Å². The van der Waals surface area contributed by atoms with E-state index in [1.165, 1.54) is 35.0 Å². The number of hydrogen-bond donors (Lipinski definition) is 0. The molecule has 3 rings (SSSR count). The van der Waals surface area contributed by atoms with E-state index in [2.05, 4.69) is 0 Å². The molecule has 0 saturated carbocycles. The molecule has 1 aliphatic heterocycles. The first-order chi connectivity index (χ1) is 15.7. The van der Waals surface area contributed by atoms with E-state index in [1.807, 2.05) is 6.07 Å². The fourth-order valence-electron chi connectivity index (χ4n) is 3.82. The largest absolute Gasteiger partial charge is 0.493 e. The minimum absolute atomic E-state index is 0.102. The summed E-state index contributed by atoms with van der Waals surface area (Å²) in [7, 11) is 2.98. The van der Waals surface area contributed by atoms with E-state index in [4.69, 9.17) is 23.7 Å². The number of methoxy groups -OCH3 is 2. The van der Waals surface area contributed by atoms with E-state index in [1.54, 1.807) is 29.2 Å². The number of carbonyl (C=O) groups excluding carboxylic acids is 3. The number of fused-ring (bicyclic) bond motifs is 1. The van der Waals surface area contributed by atoms with Crippen molar-refractivity contribution in [3.8, 4) is 28.7 Å². The zero-order valence-corrected chi connectivity index (χ0v) is 19.3. The highest BCUT2D eigenvalue weighted by Crippen LogP contribution is 2.39. The molecule has 9 heteroatoms. The first-order valence-corrected chi connectivity index (χ1v) is 10.4. The molecule has 0 saturated heterocycles. The minimum Gasteiger partial charge on any atom is -0.493 e. The van der Waals surface area contributed by atoms with Crippen LogP contribution in [0.15, 0.2) is 30.3 Å². The van der Waals surface area contributed by atoms with Crippen LogP contribution in [0.25, 0.3) is 0 Å². The van der Waals surface area contributed by atoms with Gasteiger partial charge in [0.15, 0.2) is 23.0 Å². The molecule has 0 N–H and O–H groups in total. The molecule has 0 aliphatic carbocycles. The Morgan fingerprint density at radius 1 is 0.879 bits per heavy atom. The van der Waals surface area contributed by atoms with Crippen molar-refractivity contribution in [2.45, 2.75) is 33.2 Å². The molecule has 0 spiro atoms. The molecule has 2 aromatic carbocycles. The number of esters is 2. The van der Waals surface area contributed by atoms with Crippen LogP contribution in [0.5, 0.6) is 28.7 Å². The molecular formula is C24H27NO8. The van der Waals surface area contributed by atoms with E-state index in [0.717, 1.165) is 11.1 Å². The second-order valence-corrected chi connectivity index (χ2v) is 7.49. The Kier molecular flexibility index (Phi) is 7.42. The Labute approximate surface area is 192 Å². The van der Waals surface area contributed by atoms with Crippen LogP contribution in [-0.4, -0.2) is 50.1 Å². The van der Waals surface area contributed by atoms with Gasteiger partial charge in [-0.25, -0.2) is 0 Å². The number of hydrogen-bond acceptors (Lipinski definition) is 8. The summed E-state index contributed by atoms with van der Waals surface area (Å²) in [5.74, 6) is 0.728. The second-order valence-electron chi connectivity index (χ2n) is 7.49. The standard InChI is InChI=1S/C24H27NO8/c1-14(26)25-9-8-17-10-22(30-5)24(33-16(3)28)12-19(17)20(25)13-31-18-6-7-21(29-4)23(11-18)32-15(2)27/h6-7,10-12,20H,8-9,13H2,1-5H3. The molecule has 1 amide bonds. The molecule has 0 fully saturated rings. The topological polar surface area (TPSA) is 101 Å². The third-order valence-electron chi connectivity index (χ3n) is 5.24. The molecule has 176 valence electrons. The summed E-state index contributed by atoms with van der Waals surface area (Å²) in [6.07, 6.45) is 0.626. The molecule has 2 aromatic rings. The number of amides is 1. The zero-order valence-electron chi connectivity index (χ0n) is 19.3. The fraction of sp³-hybridized carbons (Fsp3) is 0.375. The van der Waals surface area contributed by atoms with Crippen LogP contribution in [-0.2, 0) is 20.8 Å². The predicted molar refractivity (Wildman–Crippen MR) is 118 cm³/mol. The van der Waals surface area contributed by atoms with Crippen LogP contribution in [0.2, 0.25) is 0 Å². The number of ether oxygens (including phenoxy) is 5. The Morgan fingerprint density at radius 3 is 2.09 bits per heavy atom. The number of nitrogens with zero attached hydrogens (tertiary/aromatic N) is 1. The summed E-state index contributed by atoms with van der Waals surface area (Å²) in [5.41, 5.74) is 1.78. The molecule has 1 unspecified atom stereocenters. The smallest absolute Gasteiger partial charge is 0.308 e. The van der Waals surface area contributed by atoms with Crippen molar-refractivity contribution in [2.24, 2.45) is 0 Å². The van der Waals surface area contributed by atoms with Gasteiger partial charge in [0, 0.05) is 33.4 Å². The number of benzene rings is 2. The Morgan fingerprint density at radius 2 is 1.52 bits per heavy atom. The SMILES string of the molecule is COc1ccc(OCC2c3cc(OC(C)=O)c(OC)cc3CCN2C(C)=O)cc1OC(C)=O. The van der Waals surface area contributed by atoms with Gasteiger partial charge in [-0.1, -0.05) is 0 Å². The van der Waals surface area contributed by atoms with Crippen molar-refractivity contribution in [3.05, 3.63) is 41.5 Å². The van der Waals surface area contributed by atoms with Crippen LogP contribution >= 0.6 is 0 Å². The van der Waals surface area contributed by atoms with Gasteiger partial charge in [-0.3, -0.25) is 14.4 Å². The van der Waals surface area contributed by atoms with E-state index in [0.29, 0.717) is 30.2 Å². The lowest BCUT2D eigenvalue weighted by Gasteiger charge is -2.37. The van der Waals surface area contributed by atoms with E-state index in [9.17, 15) is 14.4 Å². The Hall–Kier alpha value is -3.75. The van der Waals surface area contributed by atoms with Gasteiger partial charge < -0.3 is 28.6 Å². The molecule has 9 nitrogen and oxygen atoms in total. The van der Waals surface area contributed by atoms with Gasteiger partial charge in [0.25, 0.3) is 0 Å². The quantitative estimate of drug-likeness (QED) is 0.462. The first-order valence-electron chi connectivity index (χ1n) is 10.4. The summed E-state index contributed by atoms with van der Waals surface area (Å²) in [6, 6.07) is 7.99. The average Bonchev–Trinajstić information content (AvgIpc) is 2.76. The van der Waals surface area contributed by atoms with Gasteiger partial charge in [-0.15, -0.1) is 0 Å². The fourth-order valence-corrected chi connectivity index (χ4v) is 3.82. The molecule has 1 atom stereocenters. The van der Waals surface area contributed by atoms with E-state index < -0.39 is 18.0 Å². The van der Waals surface area contributed by atoms with Crippen LogP contribution in [0.1, 0.15) is 37.9 Å². The number of rotatable bonds is 7. The highest BCUT2D eigenvalue weighted by atomic mass is 16.6. The summed E-state index contributed by atoms with van der Waals surface area (Å²) in [6.45, 7) is 4.75. The summed E-state index contributed by atoms with van der Waals surface area (Å²) in [4.78, 5) is 37.0. The number of carbonyl (C=O) groups is 3. The summed E-state index contributed by atoms with van der Waals surface area (Å²) >= 11 is 0. The van der Waals surface area contributed by atoms with Crippen molar-refractivity contribution >= 4 is 17.8 Å². The van der Waals surface area contributed by atoms with Crippen molar-refractivity contribution in [1.82, 2.24) is 4.90 Å². The van der Waals surface area contributed by atoms with Gasteiger partial charge >= 0.3 is 11.9 Å². The van der Waals surface area contributed by atoms with Crippen molar-refractivity contribution in [1.29, 1.82) is 0 Å². The average molecular weight is 457 g/mol. The highest BCUT2D eigenvalue weighted by molar-refractivity contribution is 5.75. The Bertz CT molecular complexity index is 1060. The van der Waals surface area contributed by atoms with Crippen LogP contribution < -0.4 is 23.7 Å². The molecule has 0 radical (unpaired) electrons. The zero-order chi connectivity index (χ0) is 24.1. The van der Waals surface area contributed by atoms with E-state index >= 15 is 0 Å². The van der Waals surface area contributed by atoms with Crippen molar-refractivity contribution in [2.75, 3.05) is 27.4 Å². The first kappa shape index (κ1) is 23.9. The normalized spacial score (nSPS) is 14.7. The van der Waals surface area contributed by atoms with Gasteiger partial charge in [-0.2, -0.15) is 0 Å². The van der Waals surface area contributed by atoms with Gasteiger partial charge in [0.2, 0.25) is 5.91 Å². The maximum atomic E-state index is 12.4. The van der Waals surface area contributed by atoms with E-state index in [-0.39, 0.29) is 24.0 Å². The second kappa shape index (κ2) is 10.2. The highest BCUT2D eigenvalue weighted by Gasteiger charge is 2.31. The molecule has 1 heterocycles. The third-order valence-corrected chi connectivity index (χ3v) is 5.24. The summed E-state index contributed by atoms with van der Waals surface area (Å²) in [5, 5.41) is 0. The maximum Gasteiger partial charge on any atom is 0.308 e. The van der Waals surface area contributed by atoms with Crippen LogP contribution in [0.4, 0.5) is 0 Å². The monoisotopic (exact) mass is 457 g/mol. The molecule has 0 bridgehead atoms. The molecule has 0 aromatic heterocycles. The van der Waals surface area contributed by atoms with Crippen molar-refractivity contribution < 1.29 is 38.1 Å². The molecule has 1 aliphatic rings. The van der Waals surface area contributed by atoms with Crippen LogP contribution in [0.3, 0.4) is 0 Å². The van der Waals surface area contributed by atoms with Crippen LogP contribution in [0, 0.1) is 0 Å². The minimum atomic E-state index is -0.485. The third kappa shape index (κ3) is 5.54. The lowest BCUT2D eigenvalue weighted by Crippen LogP contribution is -2.41. The van der Waals surface area contributed by atoms with Gasteiger partial charge in [0.1, 0.15) is 12.4 Å². The Balaban J connectivity index is 1.93. The molecular weight excluding hydrogens is 430 g/mol.